The number of sulfone groups is 1. The van der Waals surface area contributed by atoms with Crippen molar-refractivity contribution in [3.8, 4) is 0 Å². The third kappa shape index (κ3) is 3.25. The number of hydrogen-bond acceptors (Lipinski definition) is 6. The summed E-state index contributed by atoms with van der Waals surface area (Å²) in [5, 5.41) is 12.8. The first-order valence-corrected chi connectivity index (χ1v) is 8.60. The van der Waals surface area contributed by atoms with Gasteiger partial charge in [0.25, 0.3) is 0 Å². The molecule has 0 amide bonds. The molecule has 0 radical (unpaired) electrons. The Morgan fingerprint density at radius 3 is 2.42 bits per heavy atom. The van der Waals surface area contributed by atoms with Gasteiger partial charge in [0, 0.05) is 10.8 Å². The molecule has 1 heterocycles. The lowest BCUT2D eigenvalue weighted by atomic mass is 10.2. The fraction of sp³-hybridized carbons (Fsp3) is 0.200. The lowest BCUT2D eigenvalue weighted by Crippen LogP contribution is -2.23. The largest absolute Gasteiger partial charge is 0.229 e. The molecule has 0 fully saturated rings. The normalized spacial score (nSPS) is 12.7. The van der Waals surface area contributed by atoms with Crippen LogP contribution in [-0.2, 0) is 19.9 Å². The minimum atomic E-state index is -3.85. The zero-order valence-corrected chi connectivity index (χ0v) is 11.4. The van der Waals surface area contributed by atoms with E-state index in [2.05, 4.69) is 10.2 Å². The van der Waals surface area contributed by atoms with Gasteiger partial charge in [0.1, 0.15) is 0 Å². The van der Waals surface area contributed by atoms with Gasteiger partial charge in [-0.3, -0.25) is 0 Å². The van der Waals surface area contributed by atoms with Crippen LogP contribution >= 0.6 is 0 Å². The molecule has 0 saturated heterocycles. The highest BCUT2D eigenvalue weighted by molar-refractivity contribution is 7.94. The van der Waals surface area contributed by atoms with E-state index >= 15 is 0 Å². The molecule has 2 aromatic rings. The van der Waals surface area contributed by atoms with E-state index < -0.39 is 31.4 Å². The van der Waals surface area contributed by atoms with Crippen LogP contribution in [0.25, 0.3) is 10.8 Å². The van der Waals surface area contributed by atoms with Crippen molar-refractivity contribution in [2.24, 2.45) is 5.14 Å². The van der Waals surface area contributed by atoms with Gasteiger partial charge in [-0.25, -0.2) is 22.0 Å². The first-order valence-electron chi connectivity index (χ1n) is 5.23. The first kappa shape index (κ1) is 13.8. The number of fused-ring (bicyclic) bond motifs is 1. The molecule has 19 heavy (non-hydrogen) atoms. The smallest absolute Gasteiger partial charge is 0.210 e. The number of nitrogens with two attached hydrogens (primary N) is 1. The average Bonchev–Trinajstić information content (AvgIpc) is 2.35. The Balaban J connectivity index is 2.49. The van der Waals surface area contributed by atoms with E-state index in [1.165, 1.54) is 6.20 Å². The van der Waals surface area contributed by atoms with Crippen molar-refractivity contribution in [1.82, 2.24) is 10.2 Å². The molecule has 2 N–H and O–H groups in total. The maximum absolute atomic E-state index is 12.1. The van der Waals surface area contributed by atoms with Crippen LogP contribution in [-0.4, -0.2) is 38.5 Å². The summed E-state index contributed by atoms with van der Waals surface area (Å²) in [7, 11) is -7.70. The molecule has 0 bridgehead atoms. The van der Waals surface area contributed by atoms with Gasteiger partial charge in [-0.05, 0) is 0 Å². The van der Waals surface area contributed by atoms with Crippen LogP contribution < -0.4 is 5.14 Å². The van der Waals surface area contributed by atoms with E-state index in [0.29, 0.717) is 10.8 Å². The number of nitrogens with zero attached hydrogens (tertiary/aromatic N) is 2. The minimum Gasteiger partial charge on any atom is -0.229 e. The molecular formula is C10H11N3O4S2. The topological polar surface area (TPSA) is 120 Å². The number of sulfonamides is 1. The monoisotopic (exact) mass is 301 g/mol. The minimum absolute atomic E-state index is 0.228. The summed E-state index contributed by atoms with van der Waals surface area (Å²) in [6, 6.07) is 6.70. The molecule has 7 nitrogen and oxygen atoms in total. The lowest BCUT2D eigenvalue weighted by Gasteiger charge is -2.05. The van der Waals surface area contributed by atoms with Crippen LogP contribution in [0, 0.1) is 0 Å². The fourth-order valence-corrected chi connectivity index (χ4v) is 4.25. The van der Waals surface area contributed by atoms with Crippen molar-refractivity contribution >= 4 is 30.6 Å². The zero-order chi connectivity index (χ0) is 14.1. The van der Waals surface area contributed by atoms with Gasteiger partial charge in [-0.2, -0.15) is 5.10 Å². The molecule has 0 atom stereocenters. The summed E-state index contributed by atoms with van der Waals surface area (Å²) in [5.74, 6) is -1.27. The molecule has 102 valence electrons. The maximum atomic E-state index is 12.1. The molecular weight excluding hydrogens is 290 g/mol. The first-order chi connectivity index (χ1) is 8.80. The molecule has 1 aromatic carbocycles. The quantitative estimate of drug-likeness (QED) is 0.827. The Hall–Kier alpha value is -1.58. The van der Waals surface area contributed by atoms with Crippen molar-refractivity contribution < 1.29 is 16.8 Å². The van der Waals surface area contributed by atoms with Crippen LogP contribution in [0.5, 0.6) is 0 Å². The van der Waals surface area contributed by atoms with Gasteiger partial charge in [0.15, 0.2) is 14.9 Å². The van der Waals surface area contributed by atoms with Crippen LogP contribution in [0.3, 0.4) is 0 Å². The van der Waals surface area contributed by atoms with Crippen molar-refractivity contribution in [2.75, 3.05) is 11.5 Å². The van der Waals surface area contributed by atoms with Crippen LogP contribution in [0.1, 0.15) is 0 Å². The van der Waals surface area contributed by atoms with Crippen molar-refractivity contribution in [3.63, 3.8) is 0 Å². The molecule has 9 heteroatoms. The third-order valence-electron chi connectivity index (χ3n) is 2.47. The maximum Gasteiger partial charge on any atom is 0.210 e. The Morgan fingerprint density at radius 1 is 1.05 bits per heavy atom. The number of benzene rings is 1. The SMILES string of the molecule is NS(=O)(=O)CCS(=O)(=O)c1nncc2ccccc12. The predicted molar refractivity (Wildman–Crippen MR) is 69.6 cm³/mol. The summed E-state index contributed by atoms with van der Waals surface area (Å²) in [6.07, 6.45) is 1.44. The average molecular weight is 301 g/mol. The van der Waals surface area contributed by atoms with Crippen LogP contribution in [0.2, 0.25) is 0 Å². The number of rotatable bonds is 4. The summed E-state index contributed by atoms with van der Waals surface area (Å²) in [4.78, 5) is 0. The molecule has 2 rings (SSSR count). The summed E-state index contributed by atoms with van der Waals surface area (Å²) >= 11 is 0. The molecule has 0 unspecified atom stereocenters. The van der Waals surface area contributed by atoms with E-state index in [1.54, 1.807) is 24.3 Å². The second-order valence-corrected chi connectivity index (χ2v) is 7.68. The number of hydrogen-bond donors (Lipinski definition) is 1. The summed E-state index contributed by atoms with van der Waals surface area (Å²) in [6.45, 7) is 0. The predicted octanol–water partition coefficient (Wildman–Crippen LogP) is -0.308. The van der Waals surface area contributed by atoms with Crippen LogP contribution in [0.4, 0.5) is 0 Å². The van der Waals surface area contributed by atoms with E-state index in [4.69, 9.17) is 5.14 Å². The van der Waals surface area contributed by atoms with Gasteiger partial charge in [-0.1, -0.05) is 24.3 Å². The highest BCUT2D eigenvalue weighted by Gasteiger charge is 2.22. The standard InChI is InChI=1S/C10H11N3O4S2/c11-19(16,17)6-5-18(14,15)10-9-4-2-1-3-8(9)7-12-13-10/h1-4,7H,5-6H2,(H2,11,16,17). The van der Waals surface area contributed by atoms with Crippen LogP contribution in [0.15, 0.2) is 35.5 Å². The van der Waals surface area contributed by atoms with E-state index in [1.807, 2.05) is 0 Å². The van der Waals surface area contributed by atoms with Gasteiger partial charge >= 0.3 is 0 Å². The molecule has 1 aromatic heterocycles. The van der Waals surface area contributed by atoms with Gasteiger partial charge < -0.3 is 0 Å². The van der Waals surface area contributed by atoms with Gasteiger partial charge in [0.05, 0.1) is 17.7 Å². The molecule has 0 spiro atoms. The van der Waals surface area contributed by atoms with Gasteiger partial charge in [-0.15, -0.1) is 5.10 Å². The molecule has 0 aliphatic rings. The number of aromatic nitrogens is 2. The van der Waals surface area contributed by atoms with E-state index in [9.17, 15) is 16.8 Å². The summed E-state index contributed by atoms with van der Waals surface area (Å²) < 4.78 is 45.8. The van der Waals surface area contributed by atoms with E-state index in [0.717, 1.165) is 0 Å². The highest BCUT2D eigenvalue weighted by atomic mass is 32.2. The second kappa shape index (κ2) is 4.83. The highest BCUT2D eigenvalue weighted by Crippen LogP contribution is 2.20. The van der Waals surface area contributed by atoms with Crippen molar-refractivity contribution in [3.05, 3.63) is 30.5 Å². The van der Waals surface area contributed by atoms with E-state index in [-0.39, 0.29) is 5.03 Å². The van der Waals surface area contributed by atoms with Crippen molar-refractivity contribution in [2.45, 2.75) is 5.03 Å². The third-order valence-corrected chi connectivity index (χ3v) is 5.13. The Labute approximate surface area is 110 Å². The summed E-state index contributed by atoms with van der Waals surface area (Å²) in [5.41, 5.74) is 0. The van der Waals surface area contributed by atoms with Gasteiger partial charge in [0.2, 0.25) is 10.0 Å². The molecule has 0 saturated carbocycles. The molecule has 0 aliphatic heterocycles. The Morgan fingerprint density at radius 2 is 1.74 bits per heavy atom. The number of primary sulfonamides is 1. The van der Waals surface area contributed by atoms with Crippen molar-refractivity contribution in [1.29, 1.82) is 0 Å². The zero-order valence-electron chi connectivity index (χ0n) is 9.72. The lowest BCUT2D eigenvalue weighted by molar-refractivity contribution is 0.585. The molecule has 0 aliphatic carbocycles. The fourth-order valence-electron chi connectivity index (χ4n) is 1.55. The Kier molecular flexibility index (Phi) is 3.52. The Bertz CT molecular complexity index is 810. The second-order valence-electron chi connectivity index (χ2n) is 3.92.